The number of halogens is 1. The maximum absolute atomic E-state index is 12.2. The van der Waals surface area contributed by atoms with Crippen molar-refractivity contribution >= 4 is 39.9 Å². The molecule has 0 spiro atoms. The lowest BCUT2D eigenvalue weighted by molar-refractivity contribution is -0.384. The highest BCUT2D eigenvalue weighted by molar-refractivity contribution is 7.10. The second-order valence-corrected chi connectivity index (χ2v) is 5.82. The Balaban J connectivity index is 1.78. The highest BCUT2D eigenvalue weighted by Gasteiger charge is 2.16. The molecule has 0 fully saturated rings. The Hall–Kier alpha value is -2.84. The van der Waals surface area contributed by atoms with Crippen LogP contribution in [0.3, 0.4) is 0 Å². The van der Waals surface area contributed by atoms with Gasteiger partial charge in [0.2, 0.25) is 5.13 Å². The van der Waals surface area contributed by atoms with Crippen LogP contribution in [0.25, 0.3) is 11.4 Å². The molecule has 0 saturated heterocycles. The summed E-state index contributed by atoms with van der Waals surface area (Å²) in [5.74, 6) is -0.00337. The number of nitro groups is 1. The number of carbonyl (C=O) groups is 1. The lowest BCUT2D eigenvalue weighted by Gasteiger charge is -2.03. The molecule has 1 heterocycles. The van der Waals surface area contributed by atoms with Crippen LogP contribution < -0.4 is 5.32 Å². The van der Waals surface area contributed by atoms with E-state index in [1.165, 1.54) is 12.1 Å². The Bertz CT molecular complexity index is 914. The molecule has 0 unspecified atom stereocenters. The number of aromatic nitrogens is 2. The van der Waals surface area contributed by atoms with Gasteiger partial charge in [0.15, 0.2) is 5.82 Å². The van der Waals surface area contributed by atoms with E-state index in [2.05, 4.69) is 14.7 Å². The van der Waals surface area contributed by atoms with Crippen molar-refractivity contribution in [2.45, 2.75) is 0 Å². The van der Waals surface area contributed by atoms with Crippen molar-refractivity contribution in [3.05, 3.63) is 69.2 Å². The van der Waals surface area contributed by atoms with E-state index in [0.29, 0.717) is 11.0 Å². The molecule has 120 valence electrons. The van der Waals surface area contributed by atoms with Crippen LogP contribution in [0.5, 0.6) is 0 Å². The number of anilines is 1. The largest absolute Gasteiger partial charge is 0.297 e. The van der Waals surface area contributed by atoms with Crippen LogP contribution in [0.1, 0.15) is 10.4 Å². The minimum atomic E-state index is -0.579. The Morgan fingerprint density at radius 1 is 1.21 bits per heavy atom. The Morgan fingerprint density at radius 2 is 1.96 bits per heavy atom. The van der Waals surface area contributed by atoms with Gasteiger partial charge in [0, 0.05) is 29.2 Å². The summed E-state index contributed by atoms with van der Waals surface area (Å²) in [6, 6.07) is 13.0. The summed E-state index contributed by atoms with van der Waals surface area (Å²) in [5, 5.41) is 13.6. The normalized spacial score (nSPS) is 10.4. The first-order valence-corrected chi connectivity index (χ1v) is 7.84. The van der Waals surface area contributed by atoms with Crippen LogP contribution in [-0.2, 0) is 0 Å². The third-order valence-electron chi connectivity index (χ3n) is 3.09. The molecule has 0 bridgehead atoms. The van der Waals surface area contributed by atoms with Gasteiger partial charge < -0.3 is 0 Å². The monoisotopic (exact) mass is 360 g/mol. The Labute approximate surface area is 145 Å². The first kappa shape index (κ1) is 16.0. The first-order chi connectivity index (χ1) is 11.5. The lowest BCUT2D eigenvalue weighted by atomic mass is 10.2. The van der Waals surface area contributed by atoms with E-state index in [-0.39, 0.29) is 16.3 Å². The van der Waals surface area contributed by atoms with E-state index in [4.69, 9.17) is 11.6 Å². The summed E-state index contributed by atoms with van der Waals surface area (Å²) < 4.78 is 4.19. The molecule has 3 rings (SSSR count). The summed E-state index contributed by atoms with van der Waals surface area (Å²) in [7, 11) is 0. The molecule has 3 aromatic rings. The number of benzene rings is 2. The van der Waals surface area contributed by atoms with Crippen molar-refractivity contribution < 1.29 is 9.72 Å². The predicted molar refractivity (Wildman–Crippen MR) is 91.4 cm³/mol. The smallest absolute Gasteiger partial charge is 0.270 e. The number of nitro benzene ring substituents is 1. The summed E-state index contributed by atoms with van der Waals surface area (Å²) in [4.78, 5) is 26.6. The lowest BCUT2D eigenvalue weighted by Crippen LogP contribution is -2.12. The van der Waals surface area contributed by atoms with Gasteiger partial charge in [-0.2, -0.15) is 9.36 Å². The average molecular weight is 361 g/mol. The fourth-order valence-electron chi connectivity index (χ4n) is 1.94. The molecule has 1 aromatic heterocycles. The molecule has 7 nitrogen and oxygen atoms in total. The fourth-order valence-corrected chi connectivity index (χ4v) is 2.79. The number of nitrogens with zero attached hydrogens (tertiary/aromatic N) is 3. The van der Waals surface area contributed by atoms with Gasteiger partial charge in [-0.3, -0.25) is 20.2 Å². The Morgan fingerprint density at radius 3 is 2.62 bits per heavy atom. The number of nitrogens with one attached hydrogen (secondary N) is 1. The highest BCUT2D eigenvalue weighted by Crippen LogP contribution is 2.25. The van der Waals surface area contributed by atoms with Crippen molar-refractivity contribution in [1.29, 1.82) is 0 Å². The summed E-state index contributed by atoms with van der Waals surface area (Å²) >= 11 is 6.97. The number of rotatable bonds is 4. The van der Waals surface area contributed by atoms with Crippen LogP contribution in [-0.4, -0.2) is 20.2 Å². The zero-order chi connectivity index (χ0) is 17.1. The Kier molecular flexibility index (Phi) is 4.50. The first-order valence-electron chi connectivity index (χ1n) is 6.69. The third-order valence-corrected chi connectivity index (χ3v) is 4.03. The van der Waals surface area contributed by atoms with Gasteiger partial charge in [0.25, 0.3) is 11.6 Å². The molecule has 9 heteroatoms. The molecule has 0 atom stereocenters. The zero-order valence-corrected chi connectivity index (χ0v) is 13.5. The fraction of sp³-hybridized carbons (Fsp3) is 0. The van der Waals surface area contributed by atoms with Crippen molar-refractivity contribution in [3.63, 3.8) is 0 Å². The molecular weight excluding hydrogens is 352 g/mol. The van der Waals surface area contributed by atoms with Crippen LogP contribution in [0.4, 0.5) is 10.8 Å². The average Bonchev–Trinajstić information content (AvgIpc) is 3.03. The minimum Gasteiger partial charge on any atom is -0.297 e. The van der Waals surface area contributed by atoms with Crippen LogP contribution in [0.15, 0.2) is 48.5 Å². The van der Waals surface area contributed by atoms with Crippen LogP contribution in [0.2, 0.25) is 5.02 Å². The molecule has 0 saturated carbocycles. The third kappa shape index (κ3) is 3.39. The van der Waals surface area contributed by atoms with Crippen molar-refractivity contribution in [2.75, 3.05) is 5.32 Å². The quantitative estimate of drug-likeness (QED) is 0.559. The van der Waals surface area contributed by atoms with E-state index in [1.807, 2.05) is 30.3 Å². The van der Waals surface area contributed by atoms with Crippen LogP contribution >= 0.6 is 23.1 Å². The predicted octanol–water partition coefficient (Wildman–Crippen LogP) is 4.02. The van der Waals surface area contributed by atoms with E-state index in [0.717, 1.165) is 23.2 Å². The SMILES string of the molecule is O=C(Nc1nc(-c2ccccc2)ns1)c1ccc([N+](=O)[O-])cc1Cl. The number of hydrogen-bond donors (Lipinski definition) is 1. The van der Waals surface area contributed by atoms with Crippen molar-refractivity contribution in [1.82, 2.24) is 9.36 Å². The number of amides is 1. The molecular formula is C15H9ClN4O3S. The maximum atomic E-state index is 12.2. The second kappa shape index (κ2) is 6.73. The van der Waals surface area contributed by atoms with Crippen molar-refractivity contribution in [3.8, 4) is 11.4 Å². The summed E-state index contributed by atoms with van der Waals surface area (Å²) in [5.41, 5.74) is 0.778. The molecule has 24 heavy (non-hydrogen) atoms. The van der Waals surface area contributed by atoms with E-state index < -0.39 is 10.8 Å². The van der Waals surface area contributed by atoms with Gasteiger partial charge in [-0.15, -0.1) is 0 Å². The van der Waals surface area contributed by atoms with Crippen LogP contribution in [0, 0.1) is 10.1 Å². The maximum Gasteiger partial charge on any atom is 0.270 e. The number of hydrogen-bond acceptors (Lipinski definition) is 6. The van der Waals surface area contributed by atoms with E-state index in [9.17, 15) is 14.9 Å². The van der Waals surface area contributed by atoms with Gasteiger partial charge in [-0.05, 0) is 6.07 Å². The highest BCUT2D eigenvalue weighted by atomic mass is 35.5. The van der Waals surface area contributed by atoms with Gasteiger partial charge in [-0.1, -0.05) is 41.9 Å². The standard InChI is InChI=1S/C15H9ClN4O3S/c16-12-8-10(20(22)23)6-7-11(12)14(21)18-15-17-13(19-24-15)9-4-2-1-3-5-9/h1-8H,(H,17,18,19,21). The van der Waals surface area contributed by atoms with Gasteiger partial charge in [-0.25, -0.2) is 0 Å². The molecule has 1 amide bonds. The zero-order valence-electron chi connectivity index (χ0n) is 12.0. The summed E-state index contributed by atoms with van der Waals surface area (Å²) in [6.45, 7) is 0. The minimum absolute atomic E-state index is 0.00509. The molecule has 1 N–H and O–H groups in total. The van der Waals surface area contributed by atoms with Crippen molar-refractivity contribution in [2.24, 2.45) is 0 Å². The summed E-state index contributed by atoms with van der Waals surface area (Å²) in [6.07, 6.45) is 0. The number of non-ortho nitro benzene ring substituents is 1. The molecule has 0 aliphatic carbocycles. The number of carbonyl (C=O) groups excluding carboxylic acids is 1. The molecule has 2 aromatic carbocycles. The topological polar surface area (TPSA) is 98.0 Å². The van der Waals surface area contributed by atoms with Gasteiger partial charge in [0.1, 0.15) is 0 Å². The van der Waals surface area contributed by atoms with Gasteiger partial charge in [0.05, 0.1) is 15.5 Å². The van der Waals surface area contributed by atoms with E-state index >= 15 is 0 Å². The second-order valence-electron chi connectivity index (χ2n) is 4.66. The molecule has 0 radical (unpaired) electrons. The molecule has 0 aliphatic heterocycles. The van der Waals surface area contributed by atoms with Gasteiger partial charge >= 0.3 is 0 Å². The molecule has 0 aliphatic rings. The van der Waals surface area contributed by atoms with E-state index in [1.54, 1.807) is 0 Å².